The van der Waals surface area contributed by atoms with E-state index in [0.29, 0.717) is 11.3 Å². The molecule has 3 rings (SSSR count). The summed E-state index contributed by atoms with van der Waals surface area (Å²) in [6.07, 6.45) is 0. The van der Waals surface area contributed by atoms with Crippen molar-refractivity contribution in [3.63, 3.8) is 0 Å². The van der Waals surface area contributed by atoms with Gasteiger partial charge in [0.15, 0.2) is 0 Å². The molecule has 0 saturated heterocycles. The van der Waals surface area contributed by atoms with Crippen LogP contribution in [-0.4, -0.2) is 16.6 Å². The van der Waals surface area contributed by atoms with Gasteiger partial charge in [-0.15, -0.1) is 0 Å². The maximum Gasteiger partial charge on any atom is 0.387 e. The van der Waals surface area contributed by atoms with Crippen LogP contribution in [0.15, 0.2) is 42.5 Å². The van der Waals surface area contributed by atoms with Crippen molar-refractivity contribution < 1.29 is 17.9 Å². The molecule has 0 spiro atoms. The molecule has 2 aromatic carbocycles. The molecule has 3 aromatic rings. The number of nitrogens with zero attached hydrogens (tertiary/aromatic N) is 1. The Bertz CT molecular complexity index is 722. The lowest BCUT2D eigenvalue weighted by molar-refractivity contribution is -0.0499. The molecule has 0 radical (unpaired) electrons. The number of ether oxygens (including phenoxy) is 1. The maximum atomic E-state index is 13.9. The largest absolute Gasteiger partial charge is 0.435 e. The monoisotopic (exact) mass is 278 g/mol. The second-order valence-corrected chi connectivity index (χ2v) is 4.12. The molecule has 20 heavy (non-hydrogen) atoms. The van der Waals surface area contributed by atoms with Crippen LogP contribution >= 0.6 is 0 Å². The molecule has 102 valence electrons. The molecule has 0 unspecified atom stereocenters. The van der Waals surface area contributed by atoms with E-state index in [1.807, 2.05) is 18.2 Å². The first-order chi connectivity index (χ1) is 9.63. The minimum atomic E-state index is -2.98. The Labute approximate surface area is 112 Å². The second kappa shape index (κ2) is 4.88. The first-order valence-electron chi connectivity index (χ1n) is 5.83. The van der Waals surface area contributed by atoms with E-state index in [1.54, 1.807) is 6.07 Å². The number of hydrogen-bond donors (Lipinski definition) is 1. The van der Waals surface area contributed by atoms with Gasteiger partial charge in [-0.1, -0.05) is 12.1 Å². The van der Waals surface area contributed by atoms with Gasteiger partial charge in [0, 0.05) is 6.07 Å². The summed E-state index contributed by atoms with van der Waals surface area (Å²) in [5, 5.41) is 0. The molecule has 0 aliphatic rings. The van der Waals surface area contributed by atoms with Crippen LogP contribution in [0.5, 0.6) is 5.75 Å². The zero-order valence-electron chi connectivity index (χ0n) is 10.1. The number of para-hydroxylation sites is 2. The van der Waals surface area contributed by atoms with Gasteiger partial charge in [0.25, 0.3) is 0 Å². The predicted molar refractivity (Wildman–Crippen MR) is 68.1 cm³/mol. The lowest BCUT2D eigenvalue weighted by atomic mass is 10.2. The number of aromatic amines is 1. The van der Waals surface area contributed by atoms with Crippen LogP contribution < -0.4 is 4.74 Å². The third-order valence-electron chi connectivity index (χ3n) is 2.81. The summed E-state index contributed by atoms with van der Waals surface area (Å²) in [6, 6.07) is 10.8. The van der Waals surface area contributed by atoms with Crippen LogP contribution in [0.4, 0.5) is 13.2 Å². The third-order valence-corrected chi connectivity index (χ3v) is 2.81. The highest BCUT2D eigenvalue weighted by Gasteiger charge is 2.12. The molecule has 1 heterocycles. The number of benzene rings is 2. The van der Waals surface area contributed by atoms with Crippen LogP contribution in [0.2, 0.25) is 0 Å². The van der Waals surface area contributed by atoms with Crippen molar-refractivity contribution in [2.24, 2.45) is 0 Å². The molecular weight excluding hydrogens is 269 g/mol. The summed E-state index contributed by atoms with van der Waals surface area (Å²) >= 11 is 0. The summed E-state index contributed by atoms with van der Waals surface area (Å²) in [4.78, 5) is 7.22. The van der Waals surface area contributed by atoms with Gasteiger partial charge in [-0.05, 0) is 24.3 Å². The average molecular weight is 278 g/mol. The number of alkyl halides is 2. The highest BCUT2D eigenvalue weighted by molar-refractivity contribution is 5.79. The first kappa shape index (κ1) is 12.5. The molecular formula is C14H9F3N2O. The van der Waals surface area contributed by atoms with E-state index in [-0.39, 0.29) is 11.3 Å². The maximum absolute atomic E-state index is 13.9. The normalized spacial score (nSPS) is 11.2. The SMILES string of the molecule is Fc1cc(OC(F)F)ccc1-c1nc2ccccc2[nH]1. The average Bonchev–Trinajstić information content (AvgIpc) is 2.81. The molecule has 0 aliphatic carbocycles. The minimum absolute atomic E-state index is 0.197. The summed E-state index contributed by atoms with van der Waals surface area (Å²) in [6.45, 7) is -2.98. The van der Waals surface area contributed by atoms with Gasteiger partial charge in [-0.25, -0.2) is 9.37 Å². The molecule has 0 saturated carbocycles. The smallest absolute Gasteiger partial charge is 0.387 e. The van der Waals surface area contributed by atoms with Gasteiger partial charge < -0.3 is 9.72 Å². The minimum Gasteiger partial charge on any atom is -0.435 e. The predicted octanol–water partition coefficient (Wildman–Crippen LogP) is 3.97. The lowest BCUT2D eigenvalue weighted by Gasteiger charge is -2.05. The van der Waals surface area contributed by atoms with Crippen molar-refractivity contribution in [3.05, 3.63) is 48.3 Å². The molecule has 0 atom stereocenters. The van der Waals surface area contributed by atoms with E-state index in [0.717, 1.165) is 11.6 Å². The van der Waals surface area contributed by atoms with Gasteiger partial charge in [0.05, 0.1) is 16.6 Å². The van der Waals surface area contributed by atoms with Crippen LogP contribution in [0, 0.1) is 5.82 Å². The van der Waals surface area contributed by atoms with E-state index in [2.05, 4.69) is 14.7 Å². The van der Waals surface area contributed by atoms with Gasteiger partial charge in [-0.2, -0.15) is 8.78 Å². The van der Waals surface area contributed by atoms with Crippen molar-refractivity contribution >= 4 is 11.0 Å². The molecule has 6 heteroatoms. The highest BCUT2D eigenvalue weighted by Crippen LogP contribution is 2.26. The standard InChI is InChI=1S/C14H9F3N2O/c15-10-7-8(20-14(16)17)5-6-9(10)13-18-11-3-1-2-4-12(11)19-13/h1-7,14H,(H,18,19). The van der Waals surface area contributed by atoms with Gasteiger partial charge in [0.2, 0.25) is 0 Å². The summed E-state index contributed by atoms with van der Waals surface area (Å²) in [7, 11) is 0. The molecule has 3 nitrogen and oxygen atoms in total. The van der Waals surface area contributed by atoms with E-state index in [4.69, 9.17) is 0 Å². The Morgan fingerprint density at radius 3 is 2.60 bits per heavy atom. The van der Waals surface area contributed by atoms with E-state index in [9.17, 15) is 13.2 Å². The van der Waals surface area contributed by atoms with Gasteiger partial charge in [0.1, 0.15) is 17.4 Å². The van der Waals surface area contributed by atoms with E-state index < -0.39 is 12.4 Å². The Morgan fingerprint density at radius 1 is 1.10 bits per heavy atom. The first-order valence-corrected chi connectivity index (χ1v) is 5.83. The van der Waals surface area contributed by atoms with Gasteiger partial charge >= 0.3 is 6.61 Å². The molecule has 1 aromatic heterocycles. The van der Waals surface area contributed by atoms with E-state index >= 15 is 0 Å². The Hall–Kier alpha value is -2.50. The Kier molecular flexibility index (Phi) is 3.06. The molecule has 0 amide bonds. The molecule has 0 bridgehead atoms. The van der Waals surface area contributed by atoms with Crippen molar-refractivity contribution in [2.75, 3.05) is 0 Å². The van der Waals surface area contributed by atoms with Gasteiger partial charge in [-0.3, -0.25) is 0 Å². The fraction of sp³-hybridized carbons (Fsp3) is 0.0714. The number of imidazole rings is 1. The van der Waals surface area contributed by atoms with Crippen LogP contribution in [0.25, 0.3) is 22.4 Å². The van der Waals surface area contributed by atoms with Crippen molar-refractivity contribution in [1.29, 1.82) is 0 Å². The molecule has 1 N–H and O–H groups in total. The van der Waals surface area contributed by atoms with Crippen LogP contribution in [-0.2, 0) is 0 Å². The number of halogens is 3. The topological polar surface area (TPSA) is 37.9 Å². The van der Waals surface area contributed by atoms with Crippen molar-refractivity contribution in [2.45, 2.75) is 6.61 Å². The summed E-state index contributed by atoms with van der Waals surface area (Å²) in [5.41, 5.74) is 1.67. The third kappa shape index (κ3) is 2.32. The number of rotatable bonds is 3. The summed E-state index contributed by atoms with van der Waals surface area (Å²) in [5.74, 6) is -0.563. The molecule has 0 aliphatic heterocycles. The quantitative estimate of drug-likeness (QED) is 0.787. The lowest BCUT2D eigenvalue weighted by Crippen LogP contribution is -2.02. The number of H-pyrrole nitrogens is 1. The number of fused-ring (bicyclic) bond motifs is 1. The fourth-order valence-electron chi connectivity index (χ4n) is 1.94. The van der Waals surface area contributed by atoms with E-state index in [1.165, 1.54) is 12.1 Å². The molecule has 0 fully saturated rings. The Balaban J connectivity index is 2.01. The zero-order valence-corrected chi connectivity index (χ0v) is 10.1. The number of hydrogen-bond acceptors (Lipinski definition) is 2. The second-order valence-electron chi connectivity index (χ2n) is 4.12. The number of aromatic nitrogens is 2. The van der Waals surface area contributed by atoms with Crippen LogP contribution in [0.3, 0.4) is 0 Å². The fourth-order valence-corrected chi connectivity index (χ4v) is 1.94. The Morgan fingerprint density at radius 2 is 1.90 bits per heavy atom. The van der Waals surface area contributed by atoms with Crippen molar-refractivity contribution in [1.82, 2.24) is 9.97 Å². The zero-order chi connectivity index (χ0) is 14.1. The van der Waals surface area contributed by atoms with Crippen LogP contribution in [0.1, 0.15) is 0 Å². The summed E-state index contributed by atoms with van der Waals surface area (Å²) < 4.78 is 42.2. The number of nitrogens with one attached hydrogen (secondary N) is 1. The van der Waals surface area contributed by atoms with Crippen molar-refractivity contribution in [3.8, 4) is 17.1 Å². The highest BCUT2D eigenvalue weighted by atomic mass is 19.3.